The number of aromatic hydroxyl groups is 1. The molecule has 5 nitrogen and oxygen atoms in total. The predicted octanol–water partition coefficient (Wildman–Crippen LogP) is 5.03. The first-order valence-corrected chi connectivity index (χ1v) is 11.7. The number of ketones is 1. The second-order valence-electron chi connectivity index (χ2n) is 8.74. The molecule has 4 aromatic rings. The highest BCUT2D eigenvalue weighted by Gasteiger charge is 2.14. The molecule has 174 valence electrons. The van der Waals surface area contributed by atoms with Gasteiger partial charge in [0.2, 0.25) is 5.56 Å². The lowest BCUT2D eigenvalue weighted by Gasteiger charge is -2.14. The molecule has 4 rings (SSSR count). The molecule has 0 aliphatic rings. The van der Waals surface area contributed by atoms with E-state index in [1.165, 1.54) is 17.7 Å². The minimum Gasteiger partial charge on any atom is -0.506 e. The van der Waals surface area contributed by atoms with Crippen LogP contribution in [0.4, 0.5) is 0 Å². The van der Waals surface area contributed by atoms with Crippen LogP contribution in [0.2, 0.25) is 0 Å². The molecule has 34 heavy (non-hydrogen) atoms. The third kappa shape index (κ3) is 6.00. The number of phenols is 1. The predicted molar refractivity (Wildman–Crippen MR) is 134 cm³/mol. The van der Waals surface area contributed by atoms with Crippen LogP contribution in [0.3, 0.4) is 0 Å². The number of Topliss-reactive ketones (excluding diaryl/α,β-unsaturated/α-hetero) is 1. The summed E-state index contributed by atoms with van der Waals surface area (Å²) < 4.78 is 0. The Morgan fingerprint density at radius 2 is 1.56 bits per heavy atom. The molecule has 0 saturated carbocycles. The van der Waals surface area contributed by atoms with E-state index in [0.717, 1.165) is 30.4 Å². The second-order valence-corrected chi connectivity index (χ2v) is 8.74. The minimum atomic E-state index is -0.684. The summed E-state index contributed by atoms with van der Waals surface area (Å²) in [6, 6.07) is 24.2. The molecule has 3 aromatic carbocycles. The van der Waals surface area contributed by atoms with Gasteiger partial charge in [-0.2, -0.15) is 0 Å². The van der Waals surface area contributed by atoms with Crippen molar-refractivity contribution in [1.29, 1.82) is 0 Å². The first kappa shape index (κ1) is 23.5. The van der Waals surface area contributed by atoms with Gasteiger partial charge in [-0.15, -0.1) is 0 Å². The number of nitrogens with one attached hydrogen (secondary N) is 1. The zero-order valence-electron chi connectivity index (χ0n) is 19.0. The topological polar surface area (TPSA) is 90.4 Å². The van der Waals surface area contributed by atoms with Crippen molar-refractivity contribution in [3.63, 3.8) is 0 Å². The van der Waals surface area contributed by atoms with Gasteiger partial charge in [-0.1, -0.05) is 67.1 Å². The first-order valence-electron chi connectivity index (χ1n) is 11.7. The number of benzene rings is 3. The van der Waals surface area contributed by atoms with Crippen LogP contribution in [0.1, 0.15) is 47.6 Å². The largest absolute Gasteiger partial charge is 0.506 e. The van der Waals surface area contributed by atoms with E-state index < -0.39 is 6.10 Å². The Balaban J connectivity index is 1.30. The van der Waals surface area contributed by atoms with Crippen molar-refractivity contribution in [2.24, 2.45) is 0 Å². The Kier molecular flexibility index (Phi) is 7.55. The van der Waals surface area contributed by atoms with Crippen molar-refractivity contribution < 1.29 is 15.0 Å². The van der Waals surface area contributed by atoms with Crippen LogP contribution < -0.4 is 5.56 Å². The van der Waals surface area contributed by atoms with Crippen molar-refractivity contribution in [3.8, 4) is 5.75 Å². The van der Waals surface area contributed by atoms with E-state index in [1.54, 1.807) is 12.1 Å². The minimum absolute atomic E-state index is 0.00854. The van der Waals surface area contributed by atoms with Gasteiger partial charge in [0, 0.05) is 24.3 Å². The third-order valence-corrected chi connectivity index (χ3v) is 6.10. The molecule has 1 aromatic heterocycles. The monoisotopic (exact) mass is 455 g/mol. The molecule has 0 amide bonds. The summed E-state index contributed by atoms with van der Waals surface area (Å²) in [6.45, 7) is 0. The first-order chi connectivity index (χ1) is 16.5. The smallest absolute Gasteiger partial charge is 0.248 e. The maximum Gasteiger partial charge on any atom is 0.248 e. The van der Waals surface area contributed by atoms with Gasteiger partial charge in [-0.05, 0) is 53.6 Å². The fraction of sp³-hybridized carbons (Fsp3) is 0.241. The number of aromatic nitrogens is 1. The molecule has 0 radical (unpaired) electrons. The quantitative estimate of drug-likeness (QED) is 0.292. The average molecular weight is 456 g/mol. The molecule has 3 N–H and O–H groups in total. The number of hydrogen-bond donors (Lipinski definition) is 3. The van der Waals surface area contributed by atoms with Crippen LogP contribution in [-0.4, -0.2) is 21.0 Å². The average Bonchev–Trinajstić information content (AvgIpc) is 2.83. The molecule has 5 heteroatoms. The third-order valence-electron chi connectivity index (χ3n) is 6.10. The number of aryl methyl sites for hydroxylation is 1. The van der Waals surface area contributed by atoms with E-state index in [2.05, 4.69) is 17.1 Å². The zero-order chi connectivity index (χ0) is 23.9. The van der Waals surface area contributed by atoms with E-state index in [1.807, 2.05) is 42.5 Å². The summed E-state index contributed by atoms with van der Waals surface area (Å²) in [5.74, 6) is 0.194. The summed E-state index contributed by atoms with van der Waals surface area (Å²) >= 11 is 0. The molecule has 1 atom stereocenters. The fourth-order valence-electron chi connectivity index (χ4n) is 4.38. The van der Waals surface area contributed by atoms with Gasteiger partial charge in [0.1, 0.15) is 11.5 Å². The standard InChI is InChI=1S/C29H29NO4/c31-23(18-21-7-2-1-3-8-21)19-22-11-6-10-20(17-22)9-4-5-12-26(32)24-13-15-27(33)29-25(24)14-16-28(34)30-29/h1-3,6-8,10-11,13-17,26,32-33H,4-5,9,12,18-19H2,(H,30,34). The lowest BCUT2D eigenvalue weighted by Crippen LogP contribution is -2.07. The number of carbonyl (C=O) groups is 1. The van der Waals surface area contributed by atoms with Crippen LogP contribution in [0.15, 0.2) is 83.7 Å². The van der Waals surface area contributed by atoms with Gasteiger partial charge < -0.3 is 15.2 Å². The molecule has 0 saturated heterocycles. The van der Waals surface area contributed by atoms with Crippen molar-refractivity contribution in [3.05, 3.63) is 111 Å². The normalized spacial score (nSPS) is 12.0. The number of phenolic OH excluding ortho intramolecular Hbond substituents is 1. The van der Waals surface area contributed by atoms with Gasteiger partial charge >= 0.3 is 0 Å². The molecule has 0 aliphatic carbocycles. The summed E-state index contributed by atoms with van der Waals surface area (Å²) in [5, 5.41) is 21.4. The highest BCUT2D eigenvalue weighted by Crippen LogP contribution is 2.31. The SMILES string of the molecule is O=C(Cc1ccccc1)Cc1cccc(CCCCC(O)c2ccc(O)c3[nH]c(=O)ccc23)c1. The number of fused-ring (bicyclic) bond motifs is 1. The van der Waals surface area contributed by atoms with E-state index in [4.69, 9.17) is 0 Å². The second kappa shape index (κ2) is 10.9. The number of rotatable bonds is 10. The molecule has 1 unspecified atom stereocenters. The van der Waals surface area contributed by atoms with Crippen molar-refractivity contribution in [2.75, 3.05) is 0 Å². The fourth-order valence-corrected chi connectivity index (χ4v) is 4.38. The van der Waals surface area contributed by atoms with Crippen LogP contribution in [0.5, 0.6) is 5.75 Å². The van der Waals surface area contributed by atoms with Crippen LogP contribution in [0.25, 0.3) is 10.9 Å². The van der Waals surface area contributed by atoms with Gasteiger partial charge in [-0.25, -0.2) is 0 Å². The Labute approximate surface area is 198 Å². The Hall–Kier alpha value is -3.70. The lowest BCUT2D eigenvalue weighted by atomic mass is 9.96. The van der Waals surface area contributed by atoms with E-state index >= 15 is 0 Å². The number of unbranched alkanes of at least 4 members (excludes halogenated alkanes) is 1. The molecule has 0 spiro atoms. The summed E-state index contributed by atoms with van der Waals surface area (Å²) in [5.41, 5.74) is 4.01. The summed E-state index contributed by atoms with van der Waals surface area (Å²) in [4.78, 5) is 26.6. The molecular weight excluding hydrogens is 426 g/mol. The van der Waals surface area contributed by atoms with E-state index in [9.17, 15) is 19.8 Å². The van der Waals surface area contributed by atoms with Crippen molar-refractivity contribution in [2.45, 2.75) is 44.6 Å². The van der Waals surface area contributed by atoms with E-state index in [0.29, 0.717) is 35.7 Å². The Morgan fingerprint density at radius 1 is 0.824 bits per heavy atom. The summed E-state index contributed by atoms with van der Waals surface area (Å²) in [6.07, 6.45) is 3.37. The molecular formula is C29H29NO4. The maximum atomic E-state index is 12.4. The number of aromatic amines is 1. The Morgan fingerprint density at radius 3 is 2.38 bits per heavy atom. The van der Waals surface area contributed by atoms with Gasteiger partial charge in [0.05, 0.1) is 11.6 Å². The molecule has 0 bridgehead atoms. The number of aliphatic hydroxyl groups is 1. The number of aliphatic hydroxyl groups excluding tert-OH is 1. The zero-order valence-corrected chi connectivity index (χ0v) is 19.0. The highest BCUT2D eigenvalue weighted by atomic mass is 16.3. The molecule has 0 fully saturated rings. The number of pyridine rings is 1. The number of H-pyrrole nitrogens is 1. The van der Waals surface area contributed by atoms with Gasteiger partial charge in [0.15, 0.2) is 0 Å². The number of hydrogen-bond acceptors (Lipinski definition) is 4. The Bertz CT molecular complexity index is 1330. The van der Waals surface area contributed by atoms with Gasteiger partial charge in [-0.3, -0.25) is 9.59 Å². The summed E-state index contributed by atoms with van der Waals surface area (Å²) in [7, 11) is 0. The van der Waals surface area contributed by atoms with Crippen molar-refractivity contribution in [1.82, 2.24) is 4.98 Å². The molecule has 1 heterocycles. The lowest BCUT2D eigenvalue weighted by molar-refractivity contribution is -0.117. The van der Waals surface area contributed by atoms with Crippen molar-refractivity contribution >= 4 is 16.7 Å². The van der Waals surface area contributed by atoms with Crippen LogP contribution >= 0.6 is 0 Å². The van der Waals surface area contributed by atoms with Gasteiger partial charge in [0.25, 0.3) is 0 Å². The highest BCUT2D eigenvalue weighted by molar-refractivity contribution is 5.87. The van der Waals surface area contributed by atoms with Crippen LogP contribution in [-0.2, 0) is 24.1 Å². The van der Waals surface area contributed by atoms with E-state index in [-0.39, 0.29) is 17.1 Å². The van der Waals surface area contributed by atoms with Crippen LogP contribution in [0, 0.1) is 0 Å². The maximum absolute atomic E-state index is 12.4. The molecule has 0 aliphatic heterocycles. The number of carbonyl (C=O) groups excluding carboxylic acids is 1.